The zero-order chi connectivity index (χ0) is 17.4. The van der Waals surface area contributed by atoms with Crippen LogP contribution in [0.25, 0.3) is 0 Å². The Kier molecular flexibility index (Phi) is 6.78. The fourth-order valence-electron chi connectivity index (χ4n) is 2.18. The zero-order valence-electron chi connectivity index (χ0n) is 14.0. The van der Waals surface area contributed by atoms with Gasteiger partial charge in [0.1, 0.15) is 11.9 Å². The molecule has 0 heterocycles. The van der Waals surface area contributed by atoms with E-state index in [0.717, 1.165) is 36.2 Å². The molecule has 1 atom stereocenters. The molecule has 2 N–H and O–H groups in total. The second-order valence-corrected chi connectivity index (χ2v) is 7.62. The minimum absolute atomic E-state index is 0.0747. The van der Waals surface area contributed by atoms with Crippen molar-refractivity contribution < 1.29 is 13.2 Å². The van der Waals surface area contributed by atoms with E-state index in [9.17, 15) is 8.42 Å². The first-order valence-corrected chi connectivity index (χ1v) is 9.76. The van der Waals surface area contributed by atoms with Crippen LogP contribution < -0.4 is 14.8 Å². The highest BCUT2D eigenvalue weighted by atomic mass is 32.2. The van der Waals surface area contributed by atoms with E-state index < -0.39 is 10.0 Å². The van der Waals surface area contributed by atoms with Gasteiger partial charge in [-0.25, -0.2) is 13.1 Å². The topological polar surface area (TPSA) is 67.4 Å². The van der Waals surface area contributed by atoms with Crippen molar-refractivity contribution in [3.05, 3.63) is 65.7 Å². The molecular formula is C18H24N2O3S. The van der Waals surface area contributed by atoms with Gasteiger partial charge in [-0.1, -0.05) is 42.5 Å². The van der Waals surface area contributed by atoms with E-state index in [-0.39, 0.29) is 6.10 Å². The van der Waals surface area contributed by atoms with E-state index in [0.29, 0.717) is 6.54 Å². The molecule has 0 saturated carbocycles. The van der Waals surface area contributed by atoms with Crippen molar-refractivity contribution in [1.82, 2.24) is 10.0 Å². The number of ether oxygens (including phenoxy) is 1. The van der Waals surface area contributed by atoms with E-state index in [2.05, 4.69) is 10.0 Å². The number of rotatable bonds is 9. The fourth-order valence-corrected chi connectivity index (χ4v) is 2.61. The number of benzene rings is 2. The van der Waals surface area contributed by atoms with E-state index in [4.69, 9.17) is 4.74 Å². The molecular weight excluding hydrogens is 324 g/mol. The molecule has 2 aromatic carbocycles. The van der Waals surface area contributed by atoms with Gasteiger partial charge >= 0.3 is 0 Å². The SMILES string of the molecule is CC(CNCc1ccc(CNS(C)(=O)=O)cc1)Oc1ccccc1. The molecule has 5 nitrogen and oxygen atoms in total. The van der Waals surface area contributed by atoms with Gasteiger partial charge in [0.15, 0.2) is 0 Å². The quantitative estimate of drug-likeness (QED) is 0.730. The summed E-state index contributed by atoms with van der Waals surface area (Å²) in [6, 6.07) is 17.6. The highest BCUT2D eigenvalue weighted by molar-refractivity contribution is 7.88. The van der Waals surface area contributed by atoms with Crippen molar-refractivity contribution in [3.8, 4) is 5.75 Å². The minimum Gasteiger partial charge on any atom is -0.489 e. The number of nitrogens with one attached hydrogen (secondary N) is 2. The van der Waals surface area contributed by atoms with Crippen LogP contribution in [0.4, 0.5) is 0 Å². The third-order valence-electron chi connectivity index (χ3n) is 3.40. The molecule has 0 aliphatic heterocycles. The predicted molar refractivity (Wildman–Crippen MR) is 96.4 cm³/mol. The molecule has 0 radical (unpaired) electrons. The molecule has 6 heteroatoms. The Morgan fingerprint density at radius 2 is 1.54 bits per heavy atom. The first kappa shape index (κ1) is 18.4. The van der Waals surface area contributed by atoms with Crippen molar-refractivity contribution in [3.63, 3.8) is 0 Å². The van der Waals surface area contributed by atoms with E-state index in [1.54, 1.807) is 0 Å². The zero-order valence-corrected chi connectivity index (χ0v) is 14.8. The maximum Gasteiger partial charge on any atom is 0.209 e. The van der Waals surface area contributed by atoms with Crippen molar-refractivity contribution >= 4 is 10.0 Å². The number of para-hydroxylation sites is 1. The van der Waals surface area contributed by atoms with Gasteiger partial charge in [-0.3, -0.25) is 0 Å². The van der Waals surface area contributed by atoms with Crippen LogP contribution in [-0.2, 0) is 23.1 Å². The summed E-state index contributed by atoms with van der Waals surface area (Å²) in [7, 11) is -3.16. The highest BCUT2D eigenvalue weighted by Gasteiger charge is 2.04. The van der Waals surface area contributed by atoms with Crippen molar-refractivity contribution in [1.29, 1.82) is 0 Å². The summed E-state index contributed by atoms with van der Waals surface area (Å²) in [5.74, 6) is 0.870. The summed E-state index contributed by atoms with van der Waals surface area (Å²) in [5.41, 5.74) is 2.08. The van der Waals surface area contributed by atoms with E-state index in [1.807, 2.05) is 61.5 Å². The van der Waals surface area contributed by atoms with Gasteiger partial charge in [-0.15, -0.1) is 0 Å². The Hall–Kier alpha value is -1.89. The van der Waals surface area contributed by atoms with Crippen LogP contribution in [0.5, 0.6) is 5.75 Å². The maximum absolute atomic E-state index is 11.1. The molecule has 24 heavy (non-hydrogen) atoms. The van der Waals surface area contributed by atoms with Gasteiger partial charge in [0, 0.05) is 19.6 Å². The van der Waals surface area contributed by atoms with Crippen LogP contribution >= 0.6 is 0 Å². The van der Waals surface area contributed by atoms with Gasteiger partial charge in [-0.05, 0) is 30.2 Å². The van der Waals surface area contributed by atoms with Gasteiger partial charge in [0.2, 0.25) is 10.0 Å². The lowest BCUT2D eigenvalue weighted by molar-refractivity contribution is 0.217. The molecule has 0 aliphatic carbocycles. The van der Waals surface area contributed by atoms with Crippen LogP contribution in [-0.4, -0.2) is 27.3 Å². The molecule has 0 bridgehead atoms. The summed E-state index contributed by atoms with van der Waals surface area (Å²) < 4.78 is 30.4. The number of hydrogen-bond acceptors (Lipinski definition) is 4. The Labute approximate surface area is 144 Å². The Bertz CT molecular complexity index is 716. The molecule has 2 aromatic rings. The van der Waals surface area contributed by atoms with Gasteiger partial charge in [0.25, 0.3) is 0 Å². The average molecular weight is 348 g/mol. The number of sulfonamides is 1. The van der Waals surface area contributed by atoms with Crippen LogP contribution in [0, 0.1) is 0 Å². The second-order valence-electron chi connectivity index (χ2n) is 5.78. The summed E-state index contributed by atoms with van der Waals surface area (Å²) in [6.07, 6.45) is 1.23. The summed E-state index contributed by atoms with van der Waals surface area (Å²) >= 11 is 0. The lowest BCUT2D eigenvalue weighted by atomic mass is 10.1. The first-order chi connectivity index (χ1) is 11.4. The van der Waals surface area contributed by atoms with Crippen LogP contribution in [0.1, 0.15) is 18.1 Å². The first-order valence-electron chi connectivity index (χ1n) is 7.87. The molecule has 0 amide bonds. The van der Waals surface area contributed by atoms with E-state index in [1.165, 1.54) is 0 Å². The Morgan fingerprint density at radius 1 is 0.958 bits per heavy atom. The Morgan fingerprint density at radius 3 is 2.12 bits per heavy atom. The summed E-state index contributed by atoms with van der Waals surface area (Å²) in [6.45, 7) is 3.82. The number of hydrogen-bond donors (Lipinski definition) is 2. The third-order valence-corrected chi connectivity index (χ3v) is 4.07. The van der Waals surface area contributed by atoms with Crippen LogP contribution in [0.3, 0.4) is 0 Å². The molecule has 0 aliphatic rings. The molecule has 2 rings (SSSR count). The summed E-state index contributed by atoms with van der Waals surface area (Å²) in [4.78, 5) is 0. The second kappa shape index (κ2) is 8.82. The minimum atomic E-state index is -3.16. The molecule has 0 aromatic heterocycles. The van der Waals surface area contributed by atoms with Crippen molar-refractivity contribution in [2.45, 2.75) is 26.1 Å². The van der Waals surface area contributed by atoms with Gasteiger partial charge in [0.05, 0.1) is 6.26 Å². The van der Waals surface area contributed by atoms with Gasteiger partial charge < -0.3 is 10.1 Å². The Balaban J connectivity index is 1.72. The molecule has 0 fully saturated rings. The standard InChI is InChI=1S/C18H24N2O3S/c1-15(23-18-6-4-3-5-7-18)12-19-13-16-8-10-17(11-9-16)14-20-24(2,21)22/h3-11,15,19-20H,12-14H2,1-2H3. The molecule has 1 unspecified atom stereocenters. The van der Waals surface area contributed by atoms with Crippen molar-refractivity contribution in [2.75, 3.05) is 12.8 Å². The largest absolute Gasteiger partial charge is 0.489 e. The van der Waals surface area contributed by atoms with E-state index >= 15 is 0 Å². The summed E-state index contributed by atoms with van der Waals surface area (Å²) in [5, 5.41) is 3.36. The molecule has 130 valence electrons. The molecule has 0 spiro atoms. The monoisotopic (exact) mass is 348 g/mol. The van der Waals surface area contributed by atoms with Crippen molar-refractivity contribution in [2.24, 2.45) is 0 Å². The predicted octanol–water partition coefficient (Wildman–Crippen LogP) is 2.29. The maximum atomic E-state index is 11.1. The van der Waals surface area contributed by atoms with Gasteiger partial charge in [-0.2, -0.15) is 0 Å². The lowest BCUT2D eigenvalue weighted by Gasteiger charge is -2.15. The van der Waals surface area contributed by atoms with Crippen LogP contribution in [0.15, 0.2) is 54.6 Å². The smallest absolute Gasteiger partial charge is 0.209 e. The average Bonchev–Trinajstić information content (AvgIpc) is 2.54. The fraction of sp³-hybridized carbons (Fsp3) is 0.333. The highest BCUT2D eigenvalue weighted by Crippen LogP contribution is 2.10. The molecule has 0 saturated heterocycles. The third kappa shape index (κ3) is 7.12. The normalized spacial score (nSPS) is 12.8. The van der Waals surface area contributed by atoms with Crippen LogP contribution in [0.2, 0.25) is 0 Å². The lowest BCUT2D eigenvalue weighted by Crippen LogP contribution is -2.28.